The summed E-state index contributed by atoms with van der Waals surface area (Å²) < 4.78 is 0. The second-order valence-electron chi connectivity index (χ2n) is 8.38. The third-order valence-electron chi connectivity index (χ3n) is 5.99. The lowest BCUT2D eigenvalue weighted by Gasteiger charge is -2.36. The van der Waals surface area contributed by atoms with Crippen LogP contribution in [0.4, 0.5) is 0 Å². The molecule has 2 atom stereocenters. The Hall–Kier alpha value is -2.37. The molecular weight excluding hydrogens is 366 g/mol. The topological polar surface area (TPSA) is 78.5 Å². The van der Waals surface area contributed by atoms with Crippen LogP contribution in [0.2, 0.25) is 0 Å². The van der Waals surface area contributed by atoms with E-state index in [0.29, 0.717) is 43.8 Å². The normalized spacial score (nSPS) is 17.0. The molecule has 0 radical (unpaired) electrons. The molecule has 3 amide bonds. The molecule has 1 aromatic rings. The van der Waals surface area contributed by atoms with Gasteiger partial charge in [0, 0.05) is 31.1 Å². The van der Waals surface area contributed by atoms with Gasteiger partial charge in [0.05, 0.1) is 0 Å². The summed E-state index contributed by atoms with van der Waals surface area (Å²) >= 11 is 0. The third-order valence-corrected chi connectivity index (χ3v) is 5.99. The van der Waals surface area contributed by atoms with Gasteiger partial charge in [-0.2, -0.15) is 0 Å². The van der Waals surface area contributed by atoms with Gasteiger partial charge in [-0.1, -0.05) is 39.0 Å². The first-order valence-corrected chi connectivity index (χ1v) is 10.7. The molecule has 0 saturated carbocycles. The van der Waals surface area contributed by atoms with E-state index in [1.54, 1.807) is 6.07 Å². The minimum atomic E-state index is -0.609. The number of rotatable bonds is 7. The lowest BCUT2D eigenvalue weighted by atomic mass is 9.88. The van der Waals surface area contributed by atoms with E-state index in [2.05, 4.69) is 24.5 Å². The highest BCUT2D eigenvalue weighted by atomic mass is 16.2. The maximum Gasteiger partial charge on any atom is 0.252 e. The van der Waals surface area contributed by atoms with Gasteiger partial charge in [-0.25, -0.2) is 0 Å². The molecule has 6 heteroatoms. The van der Waals surface area contributed by atoms with Gasteiger partial charge in [-0.15, -0.1) is 0 Å². The number of carbonyl (C=O) groups excluding carboxylic acids is 3. The predicted octanol–water partition coefficient (Wildman–Crippen LogP) is 2.90. The average molecular weight is 402 g/mol. The van der Waals surface area contributed by atoms with E-state index < -0.39 is 6.04 Å². The van der Waals surface area contributed by atoms with Gasteiger partial charge in [0.2, 0.25) is 11.8 Å². The summed E-state index contributed by atoms with van der Waals surface area (Å²) in [6, 6.07) is 6.79. The summed E-state index contributed by atoms with van der Waals surface area (Å²) in [4.78, 5) is 39.8. The summed E-state index contributed by atoms with van der Waals surface area (Å²) in [5.41, 5.74) is 1.46. The van der Waals surface area contributed by atoms with Gasteiger partial charge < -0.3 is 15.5 Å². The zero-order valence-corrected chi connectivity index (χ0v) is 18.3. The molecule has 1 fully saturated rings. The first-order chi connectivity index (χ1) is 13.7. The molecule has 1 aromatic carbocycles. The number of nitrogens with zero attached hydrogens (tertiary/aromatic N) is 1. The van der Waals surface area contributed by atoms with Crippen LogP contribution < -0.4 is 10.6 Å². The second-order valence-corrected chi connectivity index (χ2v) is 8.38. The van der Waals surface area contributed by atoms with E-state index >= 15 is 0 Å². The maximum atomic E-state index is 13.1. The summed E-state index contributed by atoms with van der Waals surface area (Å²) in [6.45, 7) is 11.1. The summed E-state index contributed by atoms with van der Waals surface area (Å²) in [7, 11) is 0. The van der Waals surface area contributed by atoms with Crippen molar-refractivity contribution in [3.63, 3.8) is 0 Å². The van der Waals surface area contributed by atoms with Crippen LogP contribution in [0, 0.1) is 18.8 Å². The van der Waals surface area contributed by atoms with Crippen molar-refractivity contribution in [2.75, 3.05) is 13.1 Å². The molecule has 0 unspecified atom stereocenters. The standard InChI is InChI=1S/C23H35N3O3/c1-6-20(27)26-13-11-18(12-14-26)21(23(29)24-17(5)15(2)3)25-22(28)19-10-8-7-9-16(19)4/h7-10,15,17-18,21H,6,11-14H2,1-5H3,(H,24,29)(H,25,28)/t17-,21-/m0/s1. The Balaban J connectivity index is 2.15. The molecule has 29 heavy (non-hydrogen) atoms. The summed E-state index contributed by atoms with van der Waals surface area (Å²) in [5.74, 6) is 0.0710. The smallest absolute Gasteiger partial charge is 0.252 e. The molecular formula is C23H35N3O3. The van der Waals surface area contributed by atoms with Crippen molar-refractivity contribution in [3.05, 3.63) is 35.4 Å². The molecule has 1 aliphatic heterocycles. The summed E-state index contributed by atoms with van der Waals surface area (Å²) in [6.07, 6.45) is 1.90. The third kappa shape index (κ3) is 6.05. The van der Waals surface area contributed by atoms with Crippen molar-refractivity contribution in [2.24, 2.45) is 11.8 Å². The molecule has 1 heterocycles. The Bertz CT molecular complexity index is 724. The average Bonchev–Trinajstić information content (AvgIpc) is 2.71. The van der Waals surface area contributed by atoms with Crippen LogP contribution in [0.1, 0.15) is 62.9 Å². The van der Waals surface area contributed by atoms with E-state index in [4.69, 9.17) is 0 Å². The van der Waals surface area contributed by atoms with Crippen LogP contribution in [0.5, 0.6) is 0 Å². The fourth-order valence-corrected chi connectivity index (χ4v) is 3.63. The van der Waals surface area contributed by atoms with Crippen LogP contribution in [0.25, 0.3) is 0 Å². The van der Waals surface area contributed by atoms with Crippen LogP contribution in [-0.4, -0.2) is 47.8 Å². The van der Waals surface area contributed by atoms with Crippen molar-refractivity contribution < 1.29 is 14.4 Å². The fraction of sp³-hybridized carbons (Fsp3) is 0.609. The van der Waals surface area contributed by atoms with Crippen LogP contribution in [0.15, 0.2) is 24.3 Å². The molecule has 0 aromatic heterocycles. The quantitative estimate of drug-likeness (QED) is 0.737. The zero-order chi connectivity index (χ0) is 21.6. The Labute approximate surface area is 174 Å². The van der Waals surface area contributed by atoms with E-state index in [0.717, 1.165) is 5.56 Å². The second kappa shape index (κ2) is 10.4. The number of benzene rings is 1. The number of nitrogens with one attached hydrogen (secondary N) is 2. The number of amides is 3. The van der Waals surface area contributed by atoms with Crippen LogP contribution >= 0.6 is 0 Å². The Kier molecular flexibility index (Phi) is 8.23. The molecule has 0 spiro atoms. The van der Waals surface area contributed by atoms with Crippen LogP contribution in [0.3, 0.4) is 0 Å². The van der Waals surface area contributed by atoms with Gasteiger partial charge >= 0.3 is 0 Å². The van der Waals surface area contributed by atoms with Crippen molar-refractivity contribution in [3.8, 4) is 0 Å². The van der Waals surface area contributed by atoms with E-state index in [-0.39, 0.29) is 29.7 Å². The predicted molar refractivity (Wildman–Crippen MR) is 114 cm³/mol. The van der Waals surface area contributed by atoms with E-state index in [1.807, 2.05) is 43.9 Å². The number of likely N-dealkylation sites (tertiary alicyclic amines) is 1. The lowest BCUT2D eigenvalue weighted by Crippen LogP contribution is -2.55. The molecule has 2 N–H and O–H groups in total. The first-order valence-electron chi connectivity index (χ1n) is 10.7. The first kappa shape index (κ1) is 22.9. The monoisotopic (exact) mass is 401 g/mol. The number of hydrogen-bond acceptors (Lipinski definition) is 3. The zero-order valence-electron chi connectivity index (χ0n) is 18.3. The number of hydrogen-bond donors (Lipinski definition) is 2. The van der Waals surface area contributed by atoms with Crippen molar-refractivity contribution in [1.82, 2.24) is 15.5 Å². The van der Waals surface area contributed by atoms with Gasteiger partial charge in [-0.3, -0.25) is 14.4 Å². The van der Waals surface area contributed by atoms with Crippen molar-refractivity contribution in [2.45, 2.75) is 66.0 Å². The van der Waals surface area contributed by atoms with Gasteiger partial charge in [0.15, 0.2) is 0 Å². The minimum Gasteiger partial charge on any atom is -0.352 e. The molecule has 160 valence electrons. The molecule has 1 aliphatic rings. The molecule has 0 aliphatic carbocycles. The van der Waals surface area contributed by atoms with E-state index in [1.165, 1.54) is 0 Å². The Morgan fingerprint density at radius 1 is 1.07 bits per heavy atom. The maximum absolute atomic E-state index is 13.1. The molecule has 1 saturated heterocycles. The SMILES string of the molecule is CCC(=O)N1CCC([C@H](NC(=O)c2ccccc2C)C(=O)N[C@@H](C)C(C)C)CC1. The van der Waals surface area contributed by atoms with Gasteiger partial charge in [0.25, 0.3) is 5.91 Å². The largest absolute Gasteiger partial charge is 0.352 e. The highest BCUT2D eigenvalue weighted by Gasteiger charge is 2.34. The highest BCUT2D eigenvalue weighted by molar-refractivity contribution is 5.98. The van der Waals surface area contributed by atoms with Crippen molar-refractivity contribution in [1.29, 1.82) is 0 Å². The van der Waals surface area contributed by atoms with Gasteiger partial charge in [0.1, 0.15) is 6.04 Å². The lowest BCUT2D eigenvalue weighted by molar-refractivity contribution is -0.132. The Morgan fingerprint density at radius 2 is 1.69 bits per heavy atom. The van der Waals surface area contributed by atoms with Crippen molar-refractivity contribution >= 4 is 17.7 Å². The van der Waals surface area contributed by atoms with E-state index in [9.17, 15) is 14.4 Å². The number of aryl methyl sites for hydroxylation is 1. The molecule has 2 rings (SSSR count). The Morgan fingerprint density at radius 3 is 2.24 bits per heavy atom. The molecule has 0 bridgehead atoms. The minimum absolute atomic E-state index is 0.00300. The summed E-state index contributed by atoms with van der Waals surface area (Å²) in [5, 5.41) is 6.05. The number of piperidine rings is 1. The fourth-order valence-electron chi connectivity index (χ4n) is 3.63. The molecule has 6 nitrogen and oxygen atoms in total. The highest BCUT2D eigenvalue weighted by Crippen LogP contribution is 2.22. The van der Waals surface area contributed by atoms with Gasteiger partial charge in [-0.05, 0) is 50.2 Å². The number of carbonyl (C=O) groups is 3. The van der Waals surface area contributed by atoms with Crippen LogP contribution in [-0.2, 0) is 9.59 Å².